The molecule has 0 radical (unpaired) electrons. The van der Waals surface area contributed by atoms with E-state index in [4.69, 9.17) is 0 Å². The molecule has 0 amide bonds. The van der Waals surface area contributed by atoms with Crippen molar-refractivity contribution in [3.05, 3.63) is 30.1 Å². The first-order valence-electron chi connectivity index (χ1n) is 7.58. The molecule has 1 aliphatic rings. The largest absolute Gasteiger partial charge is 0.392 e. The lowest BCUT2D eigenvalue weighted by molar-refractivity contribution is 0.0898. The van der Waals surface area contributed by atoms with E-state index in [2.05, 4.69) is 16.8 Å². The fraction of sp³-hybridized carbons (Fsp3) is 0.688. The minimum atomic E-state index is -0.188. The lowest BCUT2D eigenvalue weighted by Crippen LogP contribution is -2.33. The second kappa shape index (κ2) is 7.61. The van der Waals surface area contributed by atoms with E-state index in [1.807, 2.05) is 24.4 Å². The summed E-state index contributed by atoms with van der Waals surface area (Å²) in [6.45, 7) is 4.70. The average molecular weight is 262 g/mol. The third-order valence-electron chi connectivity index (χ3n) is 4.11. The van der Waals surface area contributed by atoms with Gasteiger partial charge in [-0.05, 0) is 31.0 Å². The molecule has 19 heavy (non-hydrogen) atoms. The van der Waals surface area contributed by atoms with Crippen LogP contribution < -0.4 is 0 Å². The predicted octanol–water partition coefficient (Wildman–Crippen LogP) is 2.84. The number of aromatic nitrogens is 1. The molecule has 1 aromatic heterocycles. The van der Waals surface area contributed by atoms with Gasteiger partial charge in [0.25, 0.3) is 0 Å². The first kappa shape index (κ1) is 14.5. The summed E-state index contributed by atoms with van der Waals surface area (Å²) in [6.07, 6.45) is 7.93. The minimum absolute atomic E-state index is 0.188. The highest BCUT2D eigenvalue weighted by Gasteiger charge is 2.20. The van der Waals surface area contributed by atoms with Gasteiger partial charge in [0, 0.05) is 19.3 Å². The van der Waals surface area contributed by atoms with E-state index in [-0.39, 0.29) is 6.10 Å². The van der Waals surface area contributed by atoms with Crippen molar-refractivity contribution in [2.45, 2.75) is 51.7 Å². The van der Waals surface area contributed by atoms with Gasteiger partial charge in [0.15, 0.2) is 0 Å². The van der Waals surface area contributed by atoms with Gasteiger partial charge in [-0.25, -0.2) is 0 Å². The zero-order valence-electron chi connectivity index (χ0n) is 12.0. The van der Waals surface area contributed by atoms with Crippen LogP contribution in [0.3, 0.4) is 0 Å². The maximum Gasteiger partial charge on any atom is 0.0669 e. The molecule has 3 heteroatoms. The molecule has 106 valence electrons. The van der Waals surface area contributed by atoms with Gasteiger partial charge in [-0.1, -0.05) is 38.7 Å². The molecule has 1 unspecified atom stereocenters. The van der Waals surface area contributed by atoms with Crippen molar-refractivity contribution >= 4 is 0 Å². The summed E-state index contributed by atoms with van der Waals surface area (Å²) in [5.74, 6) is 0.753. The van der Waals surface area contributed by atoms with E-state index in [1.165, 1.54) is 25.7 Å². The summed E-state index contributed by atoms with van der Waals surface area (Å²) in [4.78, 5) is 6.63. The molecule has 1 atom stereocenters. The Bertz CT molecular complexity index is 349. The maximum atomic E-state index is 10.2. The molecule has 0 aromatic carbocycles. The Balaban J connectivity index is 1.77. The normalized spacial score (nSPS) is 18.1. The lowest BCUT2D eigenvalue weighted by atomic mass is 10.00. The van der Waals surface area contributed by atoms with Crippen molar-refractivity contribution in [2.24, 2.45) is 5.92 Å². The summed E-state index contributed by atoms with van der Waals surface area (Å²) in [5.41, 5.74) is 1.08. The summed E-state index contributed by atoms with van der Waals surface area (Å²) < 4.78 is 0. The number of pyridine rings is 1. The van der Waals surface area contributed by atoms with Crippen LogP contribution in [0.4, 0.5) is 0 Å². The van der Waals surface area contributed by atoms with E-state index >= 15 is 0 Å². The number of rotatable bonds is 7. The van der Waals surface area contributed by atoms with Crippen LogP contribution in [0.1, 0.15) is 44.7 Å². The second-order valence-corrected chi connectivity index (χ2v) is 5.69. The van der Waals surface area contributed by atoms with Crippen molar-refractivity contribution in [3.63, 3.8) is 0 Å². The van der Waals surface area contributed by atoms with Crippen LogP contribution in [0, 0.1) is 5.92 Å². The van der Waals surface area contributed by atoms with Gasteiger partial charge in [0.2, 0.25) is 0 Å². The summed E-state index contributed by atoms with van der Waals surface area (Å²) in [6, 6.07) is 6.01. The molecule has 1 aromatic rings. The van der Waals surface area contributed by atoms with Gasteiger partial charge in [0.05, 0.1) is 11.8 Å². The third kappa shape index (κ3) is 4.92. The number of likely N-dealkylation sites (N-methyl/N-ethyl adjacent to an activating group) is 1. The zero-order chi connectivity index (χ0) is 13.5. The van der Waals surface area contributed by atoms with E-state index in [9.17, 15) is 5.11 Å². The summed E-state index contributed by atoms with van der Waals surface area (Å²) >= 11 is 0. The Kier molecular flexibility index (Phi) is 5.80. The number of hydrogen-bond acceptors (Lipinski definition) is 3. The smallest absolute Gasteiger partial charge is 0.0669 e. The summed E-state index contributed by atoms with van der Waals surface area (Å²) in [5, 5.41) is 10.2. The Labute approximate surface area is 116 Å². The third-order valence-corrected chi connectivity index (χ3v) is 4.11. The predicted molar refractivity (Wildman–Crippen MR) is 77.8 cm³/mol. The highest BCUT2D eigenvalue weighted by atomic mass is 16.3. The standard InChI is InChI=1S/C16H26N2O/c1-2-18(12-15-9-5-6-10-17-15)13-16(19)11-14-7-3-4-8-14/h5-6,9-10,14,16,19H,2-4,7-8,11-13H2,1H3. The van der Waals surface area contributed by atoms with Gasteiger partial charge >= 0.3 is 0 Å². The monoisotopic (exact) mass is 262 g/mol. The Hall–Kier alpha value is -0.930. The van der Waals surface area contributed by atoms with Crippen molar-refractivity contribution in [2.75, 3.05) is 13.1 Å². The van der Waals surface area contributed by atoms with Crippen LogP contribution in [0.25, 0.3) is 0 Å². The molecular weight excluding hydrogens is 236 g/mol. The Morgan fingerprint density at radius 3 is 2.79 bits per heavy atom. The van der Waals surface area contributed by atoms with Crippen LogP contribution in [0.15, 0.2) is 24.4 Å². The van der Waals surface area contributed by atoms with Gasteiger partial charge in [0.1, 0.15) is 0 Å². The molecule has 1 N–H and O–H groups in total. The first-order valence-corrected chi connectivity index (χ1v) is 7.58. The van der Waals surface area contributed by atoms with E-state index in [0.29, 0.717) is 0 Å². The topological polar surface area (TPSA) is 36.4 Å². The van der Waals surface area contributed by atoms with Gasteiger partial charge in [-0.3, -0.25) is 9.88 Å². The van der Waals surface area contributed by atoms with Crippen LogP contribution in [-0.2, 0) is 6.54 Å². The number of hydrogen-bond donors (Lipinski definition) is 1. The molecule has 2 rings (SSSR count). The van der Waals surface area contributed by atoms with Crippen LogP contribution >= 0.6 is 0 Å². The molecule has 0 aliphatic heterocycles. The minimum Gasteiger partial charge on any atom is -0.392 e. The van der Waals surface area contributed by atoms with Gasteiger partial charge < -0.3 is 5.11 Å². The fourth-order valence-corrected chi connectivity index (χ4v) is 3.03. The maximum absolute atomic E-state index is 10.2. The molecule has 0 saturated heterocycles. The van der Waals surface area contributed by atoms with E-state index in [1.54, 1.807) is 0 Å². The number of aliphatic hydroxyl groups is 1. The van der Waals surface area contributed by atoms with Crippen molar-refractivity contribution < 1.29 is 5.11 Å². The zero-order valence-corrected chi connectivity index (χ0v) is 12.0. The quantitative estimate of drug-likeness (QED) is 0.821. The highest BCUT2D eigenvalue weighted by Crippen LogP contribution is 2.28. The molecule has 1 saturated carbocycles. The van der Waals surface area contributed by atoms with Gasteiger partial charge in [-0.15, -0.1) is 0 Å². The fourth-order valence-electron chi connectivity index (χ4n) is 3.03. The highest BCUT2D eigenvalue weighted by molar-refractivity contribution is 5.03. The molecule has 1 aliphatic carbocycles. The van der Waals surface area contributed by atoms with E-state index < -0.39 is 0 Å². The number of aliphatic hydroxyl groups excluding tert-OH is 1. The van der Waals surface area contributed by atoms with Crippen LogP contribution in [0.5, 0.6) is 0 Å². The first-order chi connectivity index (χ1) is 9.28. The summed E-state index contributed by atoms with van der Waals surface area (Å²) in [7, 11) is 0. The van der Waals surface area contributed by atoms with Gasteiger partial charge in [-0.2, -0.15) is 0 Å². The second-order valence-electron chi connectivity index (χ2n) is 5.69. The number of nitrogens with zero attached hydrogens (tertiary/aromatic N) is 2. The molecule has 0 bridgehead atoms. The lowest BCUT2D eigenvalue weighted by Gasteiger charge is -2.24. The molecule has 3 nitrogen and oxygen atoms in total. The molecular formula is C16H26N2O. The SMILES string of the molecule is CCN(Cc1ccccn1)CC(O)CC1CCCC1. The van der Waals surface area contributed by atoms with Crippen LogP contribution in [-0.4, -0.2) is 34.2 Å². The average Bonchev–Trinajstić information content (AvgIpc) is 2.92. The molecule has 1 fully saturated rings. The molecule has 0 spiro atoms. The Morgan fingerprint density at radius 1 is 1.37 bits per heavy atom. The Morgan fingerprint density at radius 2 is 2.16 bits per heavy atom. The molecule has 1 heterocycles. The van der Waals surface area contributed by atoms with E-state index in [0.717, 1.165) is 37.7 Å². The van der Waals surface area contributed by atoms with Crippen LogP contribution in [0.2, 0.25) is 0 Å². The van der Waals surface area contributed by atoms with Crippen molar-refractivity contribution in [1.82, 2.24) is 9.88 Å². The van der Waals surface area contributed by atoms with Crippen molar-refractivity contribution in [3.8, 4) is 0 Å². The van der Waals surface area contributed by atoms with Crippen molar-refractivity contribution in [1.29, 1.82) is 0 Å².